The second-order valence-corrected chi connectivity index (χ2v) is 7.91. The third-order valence-electron chi connectivity index (χ3n) is 4.24. The van der Waals surface area contributed by atoms with E-state index in [2.05, 4.69) is 32.6 Å². The minimum absolute atomic E-state index is 0.137. The van der Waals surface area contributed by atoms with Gasteiger partial charge in [-0.15, -0.1) is 16.8 Å². The SMILES string of the molecule is C=CCn1c(CNc2ccccc2)nnc1SC(C)C(=O)NN=Cc1cccc(O)c1. The summed E-state index contributed by atoms with van der Waals surface area (Å²) in [6.07, 6.45) is 3.24. The number of phenols is 1. The number of hydrazone groups is 1. The van der Waals surface area contributed by atoms with Crippen molar-refractivity contribution in [3.8, 4) is 5.75 Å². The number of para-hydroxylation sites is 1. The van der Waals surface area contributed by atoms with Crippen LogP contribution in [0, 0.1) is 0 Å². The molecule has 9 heteroatoms. The molecule has 0 aliphatic heterocycles. The number of hydrogen-bond acceptors (Lipinski definition) is 7. The first-order valence-electron chi connectivity index (χ1n) is 9.67. The Labute approximate surface area is 185 Å². The van der Waals surface area contributed by atoms with Gasteiger partial charge in [0.05, 0.1) is 18.0 Å². The molecule has 0 fully saturated rings. The molecule has 1 aromatic heterocycles. The summed E-state index contributed by atoms with van der Waals surface area (Å²) in [6.45, 7) is 6.61. The van der Waals surface area contributed by atoms with E-state index in [4.69, 9.17) is 0 Å². The Kier molecular flexibility index (Phi) is 7.83. The Balaban J connectivity index is 1.60. The van der Waals surface area contributed by atoms with E-state index in [1.807, 2.05) is 34.9 Å². The molecule has 3 aromatic rings. The number of thioether (sulfide) groups is 1. The summed E-state index contributed by atoms with van der Waals surface area (Å²) in [7, 11) is 0. The van der Waals surface area contributed by atoms with E-state index < -0.39 is 5.25 Å². The van der Waals surface area contributed by atoms with Crippen molar-refractivity contribution in [1.82, 2.24) is 20.2 Å². The molecule has 1 amide bonds. The van der Waals surface area contributed by atoms with Crippen LogP contribution in [0.3, 0.4) is 0 Å². The number of anilines is 1. The van der Waals surface area contributed by atoms with Crippen LogP contribution in [0.25, 0.3) is 0 Å². The average Bonchev–Trinajstić information content (AvgIpc) is 3.14. The molecule has 3 rings (SSSR count). The van der Waals surface area contributed by atoms with Gasteiger partial charge in [-0.05, 0) is 36.8 Å². The number of nitrogens with one attached hydrogen (secondary N) is 2. The molecular weight excluding hydrogens is 412 g/mol. The quantitative estimate of drug-likeness (QED) is 0.195. The molecule has 8 nitrogen and oxygen atoms in total. The van der Waals surface area contributed by atoms with E-state index in [0.29, 0.717) is 23.8 Å². The van der Waals surface area contributed by atoms with Crippen LogP contribution in [0.5, 0.6) is 5.75 Å². The Morgan fingerprint density at radius 2 is 2.06 bits per heavy atom. The predicted octanol–water partition coefficient (Wildman–Crippen LogP) is 3.41. The van der Waals surface area contributed by atoms with E-state index in [-0.39, 0.29) is 11.7 Å². The van der Waals surface area contributed by atoms with Crippen molar-refractivity contribution in [2.45, 2.75) is 30.4 Å². The molecule has 1 heterocycles. The number of allylic oxidation sites excluding steroid dienone is 1. The number of phenolic OH excluding ortho intramolecular Hbond substituents is 1. The molecule has 160 valence electrons. The van der Waals surface area contributed by atoms with Gasteiger partial charge in [-0.25, -0.2) is 5.43 Å². The van der Waals surface area contributed by atoms with Crippen molar-refractivity contribution in [1.29, 1.82) is 0 Å². The highest BCUT2D eigenvalue weighted by Gasteiger charge is 2.19. The first-order valence-corrected chi connectivity index (χ1v) is 10.6. The topological polar surface area (TPSA) is 104 Å². The summed E-state index contributed by atoms with van der Waals surface area (Å²) in [5.41, 5.74) is 4.18. The number of carbonyl (C=O) groups is 1. The standard InChI is InChI=1S/C22H24N6O2S/c1-3-12-28-20(15-23-18-9-5-4-6-10-18)25-27-22(28)31-16(2)21(30)26-24-14-17-8-7-11-19(29)13-17/h3-11,13-14,16,23,29H,1,12,15H2,2H3,(H,26,30). The third kappa shape index (κ3) is 6.45. The lowest BCUT2D eigenvalue weighted by molar-refractivity contribution is -0.120. The van der Waals surface area contributed by atoms with Crippen molar-refractivity contribution in [2.75, 3.05) is 5.32 Å². The number of rotatable bonds is 10. The Morgan fingerprint density at radius 1 is 1.26 bits per heavy atom. The number of hydrogen-bond donors (Lipinski definition) is 3. The maximum Gasteiger partial charge on any atom is 0.253 e. The zero-order chi connectivity index (χ0) is 22.1. The van der Waals surface area contributed by atoms with Crippen LogP contribution in [0.4, 0.5) is 5.69 Å². The molecule has 0 aliphatic carbocycles. The van der Waals surface area contributed by atoms with Gasteiger partial charge in [0.2, 0.25) is 0 Å². The van der Waals surface area contributed by atoms with Crippen molar-refractivity contribution < 1.29 is 9.90 Å². The predicted molar refractivity (Wildman–Crippen MR) is 123 cm³/mol. The van der Waals surface area contributed by atoms with Gasteiger partial charge < -0.3 is 15.0 Å². The lowest BCUT2D eigenvalue weighted by atomic mass is 10.2. The molecule has 0 saturated carbocycles. The molecule has 31 heavy (non-hydrogen) atoms. The van der Waals surface area contributed by atoms with Gasteiger partial charge in [0.1, 0.15) is 5.75 Å². The maximum absolute atomic E-state index is 12.4. The van der Waals surface area contributed by atoms with Gasteiger partial charge >= 0.3 is 0 Å². The van der Waals surface area contributed by atoms with Gasteiger partial charge in [0, 0.05) is 12.2 Å². The largest absolute Gasteiger partial charge is 0.508 e. The highest BCUT2D eigenvalue weighted by molar-refractivity contribution is 8.00. The van der Waals surface area contributed by atoms with Crippen LogP contribution in [-0.4, -0.2) is 37.2 Å². The van der Waals surface area contributed by atoms with Crippen molar-refractivity contribution >= 4 is 29.6 Å². The lowest BCUT2D eigenvalue weighted by Crippen LogP contribution is -2.27. The van der Waals surface area contributed by atoms with Crippen LogP contribution in [0.15, 0.2) is 77.5 Å². The van der Waals surface area contributed by atoms with Gasteiger partial charge in [-0.2, -0.15) is 5.10 Å². The van der Waals surface area contributed by atoms with Gasteiger partial charge in [0.25, 0.3) is 5.91 Å². The van der Waals surface area contributed by atoms with Crippen LogP contribution in [0.2, 0.25) is 0 Å². The van der Waals surface area contributed by atoms with Crippen LogP contribution < -0.4 is 10.7 Å². The number of amides is 1. The molecule has 0 aliphatic rings. The Bertz CT molecular complexity index is 1050. The highest BCUT2D eigenvalue weighted by atomic mass is 32.2. The maximum atomic E-state index is 12.4. The molecule has 1 unspecified atom stereocenters. The summed E-state index contributed by atoms with van der Waals surface area (Å²) in [4.78, 5) is 12.4. The second-order valence-electron chi connectivity index (χ2n) is 6.61. The summed E-state index contributed by atoms with van der Waals surface area (Å²) in [5.74, 6) is 0.623. The minimum Gasteiger partial charge on any atom is -0.508 e. The van der Waals surface area contributed by atoms with E-state index in [1.54, 1.807) is 37.3 Å². The number of carbonyl (C=O) groups excluding carboxylic acids is 1. The van der Waals surface area contributed by atoms with Crippen LogP contribution >= 0.6 is 11.8 Å². The fourth-order valence-electron chi connectivity index (χ4n) is 2.66. The van der Waals surface area contributed by atoms with Crippen molar-refractivity contribution in [3.63, 3.8) is 0 Å². The molecule has 1 atom stereocenters. The number of aromatic hydroxyl groups is 1. The zero-order valence-electron chi connectivity index (χ0n) is 17.1. The van der Waals surface area contributed by atoms with Crippen molar-refractivity contribution in [3.05, 3.63) is 78.6 Å². The average molecular weight is 437 g/mol. The molecule has 0 saturated heterocycles. The summed E-state index contributed by atoms with van der Waals surface area (Å²) >= 11 is 1.30. The first-order chi connectivity index (χ1) is 15.1. The monoisotopic (exact) mass is 436 g/mol. The minimum atomic E-state index is -0.441. The van der Waals surface area contributed by atoms with E-state index in [1.165, 1.54) is 18.0 Å². The molecular formula is C22H24N6O2S. The molecule has 0 radical (unpaired) electrons. The summed E-state index contributed by atoms with van der Waals surface area (Å²) in [5, 5.41) is 25.4. The van der Waals surface area contributed by atoms with E-state index >= 15 is 0 Å². The zero-order valence-corrected chi connectivity index (χ0v) is 17.9. The fourth-order valence-corrected chi connectivity index (χ4v) is 3.54. The lowest BCUT2D eigenvalue weighted by Gasteiger charge is -2.12. The number of aromatic nitrogens is 3. The van der Waals surface area contributed by atoms with Gasteiger partial charge in [0.15, 0.2) is 11.0 Å². The fraction of sp³-hybridized carbons (Fsp3) is 0.182. The second kappa shape index (κ2) is 11.0. The molecule has 0 spiro atoms. The normalized spacial score (nSPS) is 11.9. The third-order valence-corrected chi connectivity index (χ3v) is 5.32. The highest BCUT2D eigenvalue weighted by Crippen LogP contribution is 2.23. The van der Waals surface area contributed by atoms with Gasteiger partial charge in [-0.1, -0.05) is 48.2 Å². The van der Waals surface area contributed by atoms with Crippen LogP contribution in [-0.2, 0) is 17.9 Å². The first kappa shape index (κ1) is 22.1. The van der Waals surface area contributed by atoms with Crippen LogP contribution in [0.1, 0.15) is 18.3 Å². The summed E-state index contributed by atoms with van der Waals surface area (Å²) in [6, 6.07) is 16.4. The van der Waals surface area contributed by atoms with E-state index in [0.717, 1.165) is 11.5 Å². The molecule has 2 aromatic carbocycles. The number of nitrogens with zero attached hydrogens (tertiary/aromatic N) is 4. The van der Waals surface area contributed by atoms with Crippen molar-refractivity contribution in [2.24, 2.45) is 5.10 Å². The molecule has 3 N–H and O–H groups in total. The summed E-state index contributed by atoms with van der Waals surface area (Å²) < 4.78 is 1.92. The smallest absolute Gasteiger partial charge is 0.253 e. The molecule has 0 bridgehead atoms. The Hall–Kier alpha value is -3.59. The van der Waals surface area contributed by atoms with E-state index in [9.17, 15) is 9.90 Å². The van der Waals surface area contributed by atoms with Gasteiger partial charge in [-0.3, -0.25) is 4.79 Å². The Morgan fingerprint density at radius 3 is 2.81 bits per heavy atom. The number of benzene rings is 2.